The van der Waals surface area contributed by atoms with Crippen molar-refractivity contribution in [2.75, 3.05) is 11.9 Å². The number of hydrogen-bond donors (Lipinski definition) is 2. The summed E-state index contributed by atoms with van der Waals surface area (Å²) in [6, 6.07) is 6.70. The number of nitrogens with zero attached hydrogens (tertiary/aromatic N) is 3. The SMILES string of the molecule is O=C1CCC(N2Cc3c(CCCNc4nccc(Cl)n4)cccc3C2=O)C(=O)N1. The minimum absolute atomic E-state index is 0.151. The molecule has 9 heteroatoms. The summed E-state index contributed by atoms with van der Waals surface area (Å²) in [4.78, 5) is 46.2. The van der Waals surface area contributed by atoms with Gasteiger partial charge in [-0.25, -0.2) is 9.97 Å². The van der Waals surface area contributed by atoms with Crippen LogP contribution in [0.1, 0.15) is 40.7 Å². The number of rotatable bonds is 6. The molecule has 0 bridgehead atoms. The number of aromatic nitrogens is 2. The van der Waals surface area contributed by atoms with Gasteiger partial charge in [0.2, 0.25) is 17.8 Å². The van der Waals surface area contributed by atoms with Gasteiger partial charge in [0, 0.05) is 31.3 Å². The molecule has 3 amide bonds. The predicted molar refractivity (Wildman–Crippen MR) is 106 cm³/mol. The molecule has 0 saturated carbocycles. The van der Waals surface area contributed by atoms with Crippen molar-refractivity contribution < 1.29 is 14.4 Å². The molecule has 29 heavy (non-hydrogen) atoms. The number of halogens is 1. The van der Waals surface area contributed by atoms with E-state index in [1.54, 1.807) is 23.2 Å². The number of piperidine rings is 1. The molecule has 8 nitrogen and oxygen atoms in total. The number of carbonyl (C=O) groups excluding carboxylic acids is 3. The van der Waals surface area contributed by atoms with E-state index < -0.39 is 11.9 Å². The Kier molecular flexibility index (Phi) is 5.44. The van der Waals surface area contributed by atoms with Gasteiger partial charge in [0.25, 0.3) is 5.91 Å². The second kappa shape index (κ2) is 8.16. The summed E-state index contributed by atoms with van der Waals surface area (Å²) in [6.45, 7) is 1.05. The van der Waals surface area contributed by atoms with Crippen molar-refractivity contribution in [1.82, 2.24) is 20.2 Å². The minimum atomic E-state index is -0.595. The highest BCUT2D eigenvalue weighted by molar-refractivity contribution is 6.29. The molecule has 2 aliphatic rings. The third-order valence-corrected chi connectivity index (χ3v) is 5.42. The first-order valence-electron chi connectivity index (χ1n) is 9.51. The number of amides is 3. The topological polar surface area (TPSA) is 104 Å². The van der Waals surface area contributed by atoms with E-state index in [4.69, 9.17) is 11.6 Å². The maximum Gasteiger partial charge on any atom is 0.255 e. The molecule has 1 saturated heterocycles. The normalized spacial score (nSPS) is 18.6. The molecule has 2 aromatic rings. The van der Waals surface area contributed by atoms with E-state index in [1.807, 2.05) is 12.1 Å². The van der Waals surface area contributed by atoms with Gasteiger partial charge in [-0.15, -0.1) is 0 Å². The zero-order valence-electron chi connectivity index (χ0n) is 15.7. The van der Waals surface area contributed by atoms with Crippen LogP contribution in [0, 0.1) is 0 Å². The van der Waals surface area contributed by atoms with Gasteiger partial charge < -0.3 is 10.2 Å². The fourth-order valence-electron chi connectivity index (χ4n) is 3.78. The maximum absolute atomic E-state index is 12.8. The Morgan fingerprint density at radius 2 is 2.10 bits per heavy atom. The van der Waals surface area contributed by atoms with Crippen molar-refractivity contribution in [3.8, 4) is 0 Å². The predicted octanol–water partition coefficient (Wildman–Crippen LogP) is 1.94. The summed E-state index contributed by atoms with van der Waals surface area (Å²) in [6.07, 6.45) is 3.80. The van der Waals surface area contributed by atoms with Crippen molar-refractivity contribution in [3.63, 3.8) is 0 Å². The molecule has 1 aromatic heterocycles. The summed E-state index contributed by atoms with van der Waals surface area (Å²) in [5.41, 5.74) is 2.68. The van der Waals surface area contributed by atoms with Crippen LogP contribution in [0.3, 0.4) is 0 Å². The average molecular weight is 414 g/mol. The first kappa shape index (κ1) is 19.3. The van der Waals surface area contributed by atoms with E-state index in [2.05, 4.69) is 20.6 Å². The standard InChI is InChI=1S/C20H20ClN5O3/c21-16-8-10-23-20(24-16)22-9-2-4-12-3-1-5-13-14(12)11-26(19(13)29)15-6-7-17(27)25-18(15)28/h1,3,5,8,10,15H,2,4,6-7,9,11H2,(H,22,23,24)(H,25,27,28). The third kappa shape index (κ3) is 4.07. The van der Waals surface area contributed by atoms with E-state index >= 15 is 0 Å². The molecule has 2 N–H and O–H groups in total. The Morgan fingerprint density at radius 3 is 2.90 bits per heavy atom. The van der Waals surface area contributed by atoms with Crippen LogP contribution in [0.25, 0.3) is 0 Å². The molecule has 4 rings (SSSR count). The first-order valence-corrected chi connectivity index (χ1v) is 9.88. The van der Waals surface area contributed by atoms with Gasteiger partial charge >= 0.3 is 0 Å². The van der Waals surface area contributed by atoms with Crippen molar-refractivity contribution in [2.45, 2.75) is 38.3 Å². The Labute approximate surface area is 172 Å². The van der Waals surface area contributed by atoms with Crippen LogP contribution in [0.2, 0.25) is 5.15 Å². The van der Waals surface area contributed by atoms with Gasteiger partial charge in [-0.05, 0) is 42.5 Å². The summed E-state index contributed by atoms with van der Waals surface area (Å²) in [5.74, 6) is -0.348. The third-order valence-electron chi connectivity index (χ3n) is 5.21. The van der Waals surface area contributed by atoms with E-state index in [9.17, 15) is 14.4 Å². The average Bonchev–Trinajstić information content (AvgIpc) is 3.03. The number of benzene rings is 1. The molecule has 0 aliphatic carbocycles. The lowest BCUT2D eigenvalue weighted by Crippen LogP contribution is -2.52. The van der Waals surface area contributed by atoms with Crippen LogP contribution in [0.4, 0.5) is 5.95 Å². The fraction of sp³-hybridized carbons (Fsp3) is 0.350. The second-order valence-corrected chi connectivity index (χ2v) is 7.46. The molecule has 0 spiro atoms. The number of aryl methyl sites for hydroxylation is 1. The fourth-order valence-corrected chi connectivity index (χ4v) is 3.92. The molecular weight excluding hydrogens is 394 g/mol. The number of fused-ring (bicyclic) bond motifs is 1. The van der Waals surface area contributed by atoms with Gasteiger partial charge in [-0.3, -0.25) is 19.7 Å². The summed E-state index contributed by atoms with van der Waals surface area (Å²) in [7, 11) is 0. The Hall–Kier alpha value is -3.00. The number of carbonyl (C=O) groups is 3. The van der Waals surface area contributed by atoms with Gasteiger partial charge in [-0.1, -0.05) is 23.7 Å². The van der Waals surface area contributed by atoms with Crippen molar-refractivity contribution in [3.05, 3.63) is 52.3 Å². The molecule has 3 heterocycles. The van der Waals surface area contributed by atoms with Gasteiger partial charge in [0.05, 0.1) is 0 Å². The van der Waals surface area contributed by atoms with Crippen LogP contribution < -0.4 is 10.6 Å². The molecule has 1 aromatic carbocycles. The molecule has 0 radical (unpaired) electrons. The van der Waals surface area contributed by atoms with Gasteiger partial charge in [-0.2, -0.15) is 0 Å². The van der Waals surface area contributed by atoms with Gasteiger partial charge in [0.1, 0.15) is 11.2 Å². The lowest BCUT2D eigenvalue weighted by molar-refractivity contribution is -0.136. The summed E-state index contributed by atoms with van der Waals surface area (Å²) >= 11 is 5.85. The quantitative estimate of drug-likeness (QED) is 0.426. The molecule has 1 fully saturated rings. The van der Waals surface area contributed by atoms with E-state index in [1.165, 1.54) is 0 Å². The maximum atomic E-state index is 12.8. The van der Waals surface area contributed by atoms with Crippen LogP contribution in [-0.4, -0.2) is 45.2 Å². The van der Waals surface area contributed by atoms with Crippen molar-refractivity contribution in [2.24, 2.45) is 0 Å². The molecular formula is C20H20ClN5O3. The molecule has 1 unspecified atom stereocenters. The van der Waals surface area contributed by atoms with E-state index in [-0.39, 0.29) is 18.2 Å². The van der Waals surface area contributed by atoms with Crippen LogP contribution in [0.5, 0.6) is 0 Å². The van der Waals surface area contributed by atoms with E-state index in [0.29, 0.717) is 36.2 Å². The Balaban J connectivity index is 1.40. The minimum Gasteiger partial charge on any atom is -0.354 e. The van der Waals surface area contributed by atoms with Crippen molar-refractivity contribution in [1.29, 1.82) is 0 Å². The van der Waals surface area contributed by atoms with Crippen molar-refractivity contribution >= 4 is 35.3 Å². The highest BCUT2D eigenvalue weighted by Gasteiger charge is 2.39. The molecule has 150 valence electrons. The lowest BCUT2D eigenvalue weighted by atomic mass is 9.99. The van der Waals surface area contributed by atoms with E-state index in [0.717, 1.165) is 24.0 Å². The highest BCUT2D eigenvalue weighted by Crippen LogP contribution is 2.30. The number of anilines is 1. The number of nitrogens with one attached hydrogen (secondary N) is 2. The smallest absolute Gasteiger partial charge is 0.255 e. The van der Waals surface area contributed by atoms with Crippen LogP contribution in [-0.2, 0) is 22.6 Å². The Morgan fingerprint density at radius 1 is 1.24 bits per heavy atom. The van der Waals surface area contributed by atoms with Gasteiger partial charge in [0.15, 0.2) is 0 Å². The largest absolute Gasteiger partial charge is 0.354 e. The zero-order chi connectivity index (χ0) is 20.4. The monoisotopic (exact) mass is 413 g/mol. The Bertz CT molecular complexity index is 980. The summed E-state index contributed by atoms with van der Waals surface area (Å²) < 4.78 is 0. The second-order valence-electron chi connectivity index (χ2n) is 7.08. The first-order chi connectivity index (χ1) is 14.0. The lowest BCUT2D eigenvalue weighted by Gasteiger charge is -2.29. The van der Waals surface area contributed by atoms with Crippen LogP contribution in [0.15, 0.2) is 30.5 Å². The molecule has 1 atom stereocenters. The zero-order valence-corrected chi connectivity index (χ0v) is 16.4. The summed E-state index contributed by atoms with van der Waals surface area (Å²) in [5, 5.41) is 5.85. The number of imide groups is 1. The van der Waals surface area contributed by atoms with Crippen LogP contribution >= 0.6 is 11.6 Å². The molecule has 2 aliphatic heterocycles. The number of hydrogen-bond acceptors (Lipinski definition) is 6. The highest BCUT2D eigenvalue weighted by atomic mass is 35.5.